The zero-order valence-electron chi connectivity index (χ0n) is 10.9. The number of halogens is 2. The average Bonchev–Trinajstić information content (AvgIpc) is 2.37. The Morgan fingerprint density at radius 2 is 2.11 bits per heavy atom. The van der Waals surface area contributed by atoms with Gasteiger partial charge >= 0.3 is 0 Å². The van der Waals surface area contributed by atoms with E-state index in [1.165, 1.54) is 37.5 Å². The standard InChI is InChI=1S/C14H18ClFN2S/c1-9-4-2-3-5-12(9)17-14(19)18-13-8-10(15)6-7-11(13)16/h6-9,12H,2-5H2,1H3,(H2,17,18,19)/t9-,12-/m0/s1. The van der Waals surface area contributed by atoms with Gasteiger partial charge in [0.05, 0.1) is 5.69 Å². The van der Waals surface area contributed by atoms with Gasteiger partial charge in [0, 0.05) is 11.1 Å². The molecule has 0 aliphatic heterocycles. The molecule has 0 saturated heterocycles. The highest BCUT2D eigenvalue weighted by Crippen LogP contribution is 2.24. The van der Waals surface area contributed by atoms with E-state index in [1.807, 2.05) is 0 Å². The van der Waals surface area contributed by atoms with Crippen molar-refractivity contribution in [2.75, 3.05) is 5.32 Å². The number of benzene rings is 1. The molecule has 1 aliphatic rings. The molecule has 2 N–H and O–H groups in total. The van der Waals surface area contributed by atoms with E-state index < -0.39 is 0 Å². The van der Waals surface area contributed by atoms with E-state index in [4.69, 9.17) is 23.8 Å². The van der Waals surface area contributed by atoms with E-state index in [2.05, 4.69) is 17.6 Å². The molecule has 104 valence electrons. The van der Waals surface area contributed by atoms with Crippen molar-refractivity contribution in [3.8, 4) is 0 Å². The van der Waals surface area contributed by atoms with E-state index in [0.717, 1.165) is 6.42 Å². The molecule has 2 atom stereocenters. The molecule has 0 spiro atoms. The summed E-state index contributed by atoms with van der Waals surface area (Å²) in [5, 5.41) is 7.10. The van der Waals surface area contributed by atoms with Crippen LogP contribution in [-0.4, -0.2) is 11.2 Å². The molecule has 0 heterocycles. The summed E-state index contributed by atoms with van der Waals surface area (Å²) in [4.78, 5) is 0. The van der Waals surface area contributed by atoms with Crippen LogP contribution in [0.15, 0.2) is 18.2 Å². The minimum absolute atomic E-state index is 0.313. The van der Waals surface area contributed by atoms with Crippen LogP contribution in [0.5, 0.6) is 0 Å². The first kappa shape index (κ1) is 14.5. The number of thiocarbonyl (C=S) groups is 1. The van der Waals surface area contributed by atoms with Gasteiger partial charge in [-0.15, -0.1) is 0 Å². The van der Waals surface area contributed by atoms with Gasteiger partial charge in [-0.05, 0) is 49.2 Å². The Morgan fingerprint density at radius 1 is 1.37 bits per heavy atom. The van der Waals surface area contributed by atoms with E-state index in [1.54, 1.807) is 0 Å². The molecule has 2 rings (SSSR count). The lowest BCUT2D eigenvalue weighted by Gasteiger charge is -2.30. The molecule has 0 amide bonds. The quantitative estimate of drug-likeness (QED) is 0.794. The molecule has 1 fully saturated rings. The molecular weight excluding hydrogens is 283 g/mol. The number of hydrogen-bond donors (Lipinski definition) is 2. The van der Waals surface area contributed by atoms with Crippen LogP contribution in [0, 0.1) is 11.7 Å². The van der Waals surface area contributed by atoms with Gasteiger partial charge in [0.15, 0.2) is 5.11 Å². The van der Waals surface area contributed by atoms with Gasteiger partial charge in [0.2, 0.25) is 0 Å². The van der Waals surface area contributed by atoms with Crippen molar-refractivity contribution in [2.45, 2.75) is 38.6 Å². The van der Waals surface area contributed by atoms with Crippen LogP contribution in [0.4, 0.5) is 10.1 Å². The largest absolute Gasteiger partial charge is 0.359 e. The van der Waals surface area contributed by atoms with E-state index in [0.29, 0.717) is 27.8 Å². The summed E-state index contributed by atoms with van der Waals surface area (Å²) in [5.74, 6) is 0.239. The molecule has 0 radical (unpaired) electrons. The second-order valence-electron chi connectivity index (χ2n) is 5.09. The van der Waals surface area contributed by atoms with E-state index in [9.17, 15) is 4.39 Å². The molecule has 0 aromatic heterocycles. The molecule has 0 unspecified atom stereocenters. The van der Waals surface area contributed by atoms with Gasteiger partial charge in [0.25, 0.3) is 0 Å². The monoisotopic (exact) mass is 300 g/mol. The van der Waals surface area contributed by atoms with Crippen molar-refractivity contribution >= 4 is 34.6 Å². The van der Waals surface area contributed by atoms with Crippen molar-refractivity contribution in [2.24, 2.45) is 5.92 Å². The fourth-order valence-corrected chi connectivity index (χ4v) is 2.88. The highest BCUT2D eigenvalue weighted by molar-refractivity contribution is 7.80. The molecule has 1 aliphatic carbocycles. The Labute approximate surface area is 123 Å². The summed E-state index contributed by atoms with van der Waals surface area (Å²) < 4.78 is 13.6. The third-order valence-corrected chi connectivity index (χ3v) is 4.06. The first-order valence-corrected chi connectivity index (χ1v) is 7.37. The Kier molecular flexibility index (Phi) is 4.99. The van der Waals surface area contributed by atoms with Crippen LogP contribution in [0.3, 0.4) is 0 Å². The Morgan fingerprint density at radius 3 is 2.84 bits per heavy atom. The maximum absolute atomic E-state index is 13.6. The van der Waals surface area contributed by atoms with Gasteiger partial charge in [0.1, 0.15) is 5.82 Å². The predicted octanol–water partition coefficient (Wildman–Crippen LogP) is 4.34. The van der Waals surface area contributed by atoms with Gasteiger partial charge in [-0.1, -0.05) is 31.4 Å². The summed E-state index contributed by atoms with van der Waals surface area (Å²) in [6.07, 6.45) is 4.82. The van der Waals surface area contributed by atoms with Crippen LogP contribution in [0.25, 0.3) is 0 Å². The van der Waals surface area contributed by atoms with Gasteiger partial charge in [-0.2, -0.15) is 0 Å². The van der Waals surface area contributed by atoms with Crippen LogP contribution in [0.2, 0.25) is 5.02 Å². The predicted molar refractivity (Wildman–Crippen MR) is 82.2 cm³/mol. The molecule has 1 aromatic carbocycles. The van der Waals surface area contributed by atoms with Gasteiger partial charge in [-0.3, -0.25) is 0 Å². The highest BCUT2D eigenvalue weighted by Gasteiger charge is 2.21. The van der Waals surface area contributed by atoms with Gasteiger partial charge in [-0.25, -0.2) is 4.39 Å². The summed E-state index contributed by atoms with van der Waals surface area (Å²) in [7, 11) is 0. The highest BCUT2D eigenvalue weighted by atomic mass is 35.5. The lowest BCUT2D eigenvalue weighted by atomic mass is 9.86. The minimum atomic E-state index is -0.356. The Bertz CT molecular complexity index is 467. The molecule has 19 heavy (non-hydrogen) atoms. The van der Waals surface area contributed by atoms with E-state index in [-0.39, 0.29) is 5.82 Å². The second kappa shape index (κ2) is 6.53. The Balaban J connectivity index is 1.95. The normalized spacial score (nSPS) is 22.9. The summed E-state index contributed by atoms with van der Waals surface area (Å²) in [6.45, 7) is 2.22. The lowest BCUT2D eigenvalue weighted by molar-refractivity contribution is 0.309. The van der Waals surface area contributed by atoms with Crippen molar-refractivity contribution in [1.29, 1.82) is 0 Å². The zero-order chi connectivity index (χ0) is 13.8. The lowest BCUT2D eigenvalue weighted by Crippen LogP contribution is -2.43. The maximum Gasteiger partial charge on any atom is 0.171 e. The molecular formula is C14H18ClFN2S. The van der Waals surface area contributed by atoms with Crippen molar-refractivity contribution in [3.05, 3.63) is 29.0 Å². The van der Waals surface area contributed by atoms with Crippen molar-refractivity contribution in [3.63, 3.8) is 0 Å². The number of rotatable bonds is 2. The maximum atomic E-state index is 13.6. The van der Waals surface area contributed by atoms with Crippen molar-refractivity contribution < 1.29 is 4.39 Å². The second-order valence-corrected chi connectivity index (χ2v) is 5.94. The van der Waals surface area contributed by atoms with Crippen LogP contribution in [-0.2, 0) is 0 Å². The number of hydrogen-bond acceptors (Lipinski definition) is 1. The zero-order valence-corrected chi connectivity index (χ0v) is 12.5. The summed E-state index contributed by atoms with van der Waals surface area (Å²) in [6, 6.07) is 4.75. The van der Waals surface area contributed by atoms with Crippen LogP contribution < -0.4 is 10.6 Å². The van der Waals surface area contributed by atoms with Crippen molar-refractivity contribution in [1.82, 2.24) is 5.32 Å². The fourth-order valence-electron chi connectivity index (χ4n) is 2.45. The summed E-state index contributed by atoms with van der Waals surface area (Å²) >= 11 is 11.1. The van der Waals surface area contributed by atoms with Crippen LogP contribution >= 0.6 is 23.8 Å². The number of anilines is 1. The Hall–Kier alpha value is -0.870. The molecule has 0 bridgehead atoms. The fraction of sp³-hybridized carbons (Fsp3) is 0.500. The average molecular weight is 301 g/mol. The molecule has 5 heteroatoms. The molecule has 1 saturated carbocycles. The topological polar surface area (TPSA) is 24.1 Å². The van der Waals surface area contributed by atoms with Crippen LogP contribution in [0.1, 0.15) is 32.6 Å². The third-order valence-electron chi connectivity index (χ3n) is 3.60. The molecule has 1 aromatic rings. The minimum Gasteiger partial charge on any atom is -0.359 e. The SMILES string of the molecule is C[C@H]1CCCC[C@@H]1NC(=S)Nc1cc(Cl)ccc1F. The third kappa shape index (κ3) is 4.05. The van der Waals surface area contributed by atoms with Gasteiger partial charge < -0.3 is 10.6 Å². The smallest absolute Gasteiger partial charge is 0.171 e. The molecule has 2 nitrogen and oxygen atoms in total. The first-order chi connectivity index (χ1) is 9.06. The number of nitrogens with one attached hydrogen (secondary N) is 2. The first-order valence-electron chi connectivity index (χ1n) is 6.59. The summed E-state index contributed by atoms with van der Waals surface area (Å²) in [5.41, 5.74) is 0.313. The van der Waals surface area contributed by atoms with E-state index >= 15 is 0 Å².